The van der Waals surface area contributed by atoms with Gasteiger partial charge in [0.05, 0.1) is 21.9 Å². The zero-order valence-electron chi connectivity index (χ0n) is 18.5. The fraction of sp³-hybridized carbons (Fsp3) is 0.120. The number of aromatic nitrogens is 5. The van der Waals surface area contributed by atoms with Gasteiger partial charge in [-0.3, -0.25) is 9.89 Å². The average Bonchev–Trinajstić information content (AvgIpc) is 3.56. The van der Waals surface area contributed by atoms with Gasteiger partial charge in [-0.25, -0.2) is 9.97 Å². The van der Waals surface area contributed by atoms with Crippen molar-refractivity contribution in [3.63, 3.8) is 0 Å². The van der Waals surface area contributed by atoms with Gasteiger partial charge < -0.3 is 15.6 Å². The summed E-state index contributed by atoms with van der Waals surface area (Å²) in [5.41, 5.74) is 5.05. The third-order valence-electron chi connectivity index (χ3n) is 5.55. The predicted molar refractivity (Wildman–Crippen MR) is 137 cm³/mol. The van der Waals surface area contributed by atoms with Crippen molar-refractivity contribution in [3.8, 4) is 11.4 Å². The molecule has 0 aliphatic rings. The van der Waals surface area contributed by atoms with Crippen molar-refractivity contribution < 1.29 is 4.79 Å². The summed E-state index contributed by atoms with van der Waals surface area (Å²) in [6, 6.07) is 15.9. The fourth-order valence-electron chi connectivity index (χ4n) is 3.96. The number of nitrogens with zero attached hydrogens (tertiary/aromatic N) is 3. The summed E-state index contributed by atoms with van der Waals surface area (Å²) >= 11 is 1.60. The van der Waals surface area contributed by atoms with E-state index in [0.29, 0.717) is 11.5 Å². The molecule has 0 aliphatic heterocycles. The largest absolute Gasteiger partial charge is 0.351 e. The molecule has 6 aromatic rings. The van der Waals surface area contributed by atoms with Gasteiger partial charge in [0.25, 0.3) is 5.91 Å². The minimum atomic E-state index is -0.121. The molecule has 6 rings (SSSR count). The molecule has 0 saturated heterocycles. The SMILES string of the molecule is CC(C)NC(=O)c1cc2ccc(-c3nc(Nc4ccc5[nH]ncc5c4)c4sccc4n3)cc2[nH]1. The van der Waals surface area contributed by atoms with Crippen molar-refractivity contribution in [2.45, 2.75) is 19.9 Å². The van der Waals surface area contributed by atoms with E-state index in [-0.39, 0.29) is 11.9 Å². The van der Waals surface area contributed by atoms with Gasteiger partial charge in [-0.15, -0.1) is 11.3 Å². The predicted octanol–water partition coefficient (Wildman–Crippen LogP) is 5.60. The van der Waals surface area contributed by atoms with Crippen molar-refractivity contribution in [1.29, 1.82) is 0 Å². The first kappa shape index (κ1) is 20.4. The van der Waals surface area contributed by atoms with Crippen LogP contribution in [0.3, 0.4) is 0 Å². The zero-order chi connectivity index (χ0) is 23.2. The van der Waals surface area contributed by atoms with E-state index in [0.717, 1.165) is 49.1 Å². The van der Waals surface area contributed by atoms with Gasteiger partial charge in [-0.05, 0) is 55.6 Å². The second kappa shape index (κ2) is 7.96. The molecule has 0 saturated carbocycles. The third-order valence-corrected chi connectivity index (χ3v) is 6.46. The van der Waals surface area contributed by atoms with Crippen LogP contribution in [0.5, 0.6) is 0 Å². The molecule has 34 heavy (non-hydrogen) atoms. The molecule has 0 unspecified atom stereocenters. The Morgan fingerprint density at radius 1 is 1.00 bits per heavy atom. The number of rotatable bonds is 5. The molecule has 0 spiro atoms. The highest BCUT2D eigenvalue weighted by molar-refractivity contribution is 7.17. The Balaban J connectivity index is 1.39. The van der Waals surface area contributed by atoms with Gasteiger partial charge in [-0.1, -0.05) is 12.1 Å². The molecule has 0 bridgehead atoms. The van der Waals surface area contributed by atoms with Crippen LogP contribution in [0.15, 0.2) is 60.1 Å². The minimum absolute atomic E-state index is 0.0698. The monoisotopic (exact) mass is 467 g/mol. The maximum atomic E-state index is 12.4. The summed E-state index contributed by atoms with van der Waals surface area (Å²) < 4.78 is 0.990. The first-order valence-electron chi connectivity index (χ1n) is 10.9. The summed E-state index contributed by atoms with van der Waals surface area (Å²) in [6.07, 6.45) is 1.80. The Morgan fingerprint density at radius 2 is 1.91 bits per heavy atom. The number of benzene rings is 2. The van der Waals surface area contributed by atoms with Crippen LogP contribution in [0.25, 0.3) is 43.4 Å². The summed E-state index contributed by atoms with van der Waals surface area (Å²) in [5, 5.41) is 17.4. The first-order valence-corrected chi connectivity index (χ1v) is 11.8. The van der Waals surface area contributed by atoms with Gasteiger partial charge in [0, 0.05) is 33.6 Å². The molecule has 0 radical (unpaired) electrons. The number of fused-ring (bicyclic) bond motifs is 3. The summed E-state index contributed by atoms with van der Waals surface area (Å²) in [6.45, 7) is 3.88. The number of hydrogen-bond acceptors (Lipinski definition) is 6. The molecule has 168 valence electrons. The van der Waals surface area contributed by atoms with E-state index in [2.05, 4.69) is 25.8 Å². The van der Waals surface area contributed by atoms with Crippen molar-refractivity contribution in [2.24, 2.45) is 0 Å². The molecule has 2 aromatic carbocycles. The molecule has 8 nitrogen and oxygen atoms in total. The second-order valence-electron chi connectivity index (χ2n) is 8.44. The highest BCUT2D eigenvalue weighted by atomic mass is 32.1. The number of H-pyrrole nitrogens is 2. The zero-order valence-corrected chi connectivity index (χ0v) is 19.3. The third kappa shape index (κ3) is 3.65. The lowest BCUT2D eigenvalue weighted by atomic mass is 10.1. The fourth-order valence-corrected chi connectivity index (χ4v) is 4.74. The summed E-state index contributed by atoms with van der Waals surface area (Å²) in [4.78, 5) is 25.3. The Hall–Kier alpha value is -4.24. The second-order valence-corrected chi connectivity index (χ2v) is 9.36. The number of nitrogens with one attached hydrogen (secondary N) is 4. The number of hydrogen-bond donors (Lipinski definition) is 4. The Labute approximate surface area is 198 Å². The molecule has 9 heteroatoms. The number of aromatic amines is 2. The van der Waals surface area contributed by atoms with Gasteiger partial charge in [-0.2, -0.15) is 5.10 Å². The van der Waals surface area contributed by atoms with Crippen LogP contribution in [-0.2, 0) is 0 Å². The molecule has 1 amide bonds. The Bertz CT molecular complexity index is 1680. The van der Waals surface area contributed by atoms with Crippen LogP contribution in [-0.4, -0.2) is 37.1 Å². The van der Waals surface area contributed by atoms with Crippen LogP contribution in [0, 0.1) is 0 Å². The van der Waals surface area contributed by atoms with Gasteiger partial charge >= 0.3 is 0 Å². The summed E-state index contributed by atoms with van der Waals surface area (Å²) in [5.74, 6) is 1.24. The normalized spacial score (nSPS) is 11.6. The van der Waals surface area contributed by atoms with Crippen molar-refractivity contribution in [1.82, 2.24) is 30.5 Å². The lowest BCUT2D eigenvalue weighted by Crippen LogP contribution is -2.30. The van der Waals surface area contributed by atoms with Crippen LogP contribution < -0.4 is 10.6 Å². The van der Waals surface area contributed by atoms with E-state index in [1.807, 2.05) is 67.8 Å². The molecule has 4 N–H and O–H groups in total. The van der Waals surface area contributed by atoms with Crippen LogP contribution in [0.2, 0.25) is 0 Å². The van der Waals surface area contributed by atoms with Crippen LogP contribution in [0.4, 0.5) is 11.5 Å². The number of thiophene rings is 1. The Kier molecular flexibility index (Phi) is 4.77. The number of amides is 1. The van der Waals surface area contributed by atoms with Crippen molar-refractivity contribution in [2.75, 3.05) is 5.32 Å². The highest BCUT2D eigenvalue weighted by Gasteiger charge is 2.14. The Morgan fingerprint density at radius 3 is 2.79 bits per heavy atom. The molecule has 4 aromatic heterocycles. The number of carbonyl (C=O) groups excluding carboxylic acids is 1. The lowest BCUT2D eigenvalue weighted by Gasteiger charge is -2.09. The highest BCUT2D eigenvalue weighted by Crippen LogP contribution is 2.32. The quantitative estimate of drug-likeness (QED) is 0.264. The standard InChI is InChI=1S/C25H21N7OS/c1-13(2)27-25(33)21-10-14-3-4-15(11-20(14)29-21)23-30-19-7-8-34-22(19)24(31-23)28-17-5-6-18-16(9-17)12-26-32-18/h3-13,29H,1-2H3,(H,26,32)(H,27,33)(H,28,30,31). The van der Waals surface area contributed by atoms with E-state index in [1.165, 1.54) is 0 Å². The van der Waals surface area contributed by atoms with E-state index in [4.69, 9.17) is 9.97 Å². The number of anilines is 2. The van der Waals surface area contributed by atoms with Gasteiger partial charge in [0.1, 0.15) is 5.69 Å². The molecular formula is C25H21N7OS. The van der Waals surface area contributed by atoms with Crippen molar-refractivity contribution >= 4 is 60.8 Å². The lowest BCUT2D eigenvalue weighted by molar-refractivity contribution is 0.0939. The van der Waals surface area contributed by atoms with E-state index in [1.54, 1.807) is 17.5 Å². The van der Waals surface area contributed by atoms with Crippen LogP contribution >= 0.6 is 11.3 Å². The average molecular weight is 468 g/mol. The maximum Gasteiger partial charge on any atom is 0.267 e. The van der Waals surface area contributed by atoms with Crippen molar-refractivity contribution in [3.05, 3.63) is 65.8 Å². The molecule has 0 atom stereocenters. The van der Waals surface area contributed by atoms with Gasteiger partial charge in [0.15, 0.2) is 11.6 Å². The topological polar surface area (TPSA) is 111 Å². The van der Waals surface area contributed by atoms with E-state index >= 15 is 0 Å². The molecule has 0 aliphatic carbocycles. The molecular weight excluding hydrogens is 446 g/mol. The minimum Gasteiger partial charge on any atom is -0.351 e. The molecule has 4 heterocycles. The smallest absolute Gasteiger partial charge is 0.267 e. The van der Waals surface area contributed by atoms with Crippen LogP contribution in [0.1, 0.15) is 24.3 Å². The number of carbonyl (C=O) groups is 1. The van der Waals surface area contributed by atoms with E-state index < -0.39 is 0 Å². The molecule has 0 fully saturated rings. The maximum absolute atomic E-state index is 12.4. The van der Waals surface area contributed by atoms with E-state index in [9.17, 15) is 4.79 Å². The van der Waals surface area contributed by atoms with Gasteiger partial charge in [0.2, 0.25) is 0 Å². The summed E-state index contributed by atoms with van der Waals surface area (Å²) in [7, 11) is 0. The first-order chi connectivity index (χ1) is 16.5.